The van der Waals surface area contributed by atoms with Crippen LogP contribution in [0.15, 0.2) is 194 Å². The Labute approximate surface area is 339 Å². The number of allylic oxidation sites excluding steroid dienone is 4. The fourth-order valence-electron chi connectivity index (χ4n) is 7.36. The van der Waals surface area contributed by atoms with Gasteiger partial charge in [-0.2, -0.15) is 0 Å². The molecule has 0 fully saturated rings. The summed E-state index contributed by atoms with van der Waals surface area (Å²) in [4.78, 5) is 10.2. The number of pyridine rings is 2. The third-order valence-electron chi connectivity index (χ3n) is 10.7. The number of hydrogen-bond acceptors (Lipinski definition) is 3. The van der Waals surface area contributed by atoms with Crippen molar-refractivity contribution < 1.29 is 0 Å². The first kappa shape index (κ1) is 36.0. The van der Waals surface area contributed by atoms with Crippen LogP contribution in [-0.2, 0) is 0 Å². The van der Waals surface area contributed by atoms with E-state index in [-0.39, 0.29) is 0 Å². The van der Waals surface area contributed by atoms with E-state index in [9.17, 15) is 0 Å². The topological polar surface area (TPSA) is 37.8 Å². The van der Waals surface area contributed by atoms with E-state index in [4.69, 9.17) is 9.97 Å². The molecule has 3 heteroatoms. The normalized spacial score (nSPS) is 14.0. The molecule has 0 atom stereocenters. The predicted octanol–water partition coefficient (Wildman–Crippen LogP) is 10.3. The molecule has 2 aromatic heterocycles. The molecule has 0 saturated heterocycles. The fourth-order valence-corrected chi connectivity index (χ4v) is 7.36. The molecule has 0 radical (unpaired) electrons. The van der Waals surface area contributed by atoms with Gasteiger partial charge in [0.1, 0.15) is 0 Å². The van der Waals surface area contributed by atoms with Gasteiger partial charge in [0.05, 0.1) is 22.6 Å². The van der Waals surface area contributed by atoms with Crippen LogP contribution in [-0.4, -0.2) is 9.97 Å². The minimum atomic E-state index is 0.907. The highest BCUT2D eigenvalue weighted by Gasteiger charge is 2.12. The molecule has 0 amide bonds. The van der Waals surface area contributed by atoms with E-state index in [0.29, 0.717) is 0 Å². The van der Waals surface area contributed by atoms with Crippen LogP contribution in [0, 0.1) is 0 Å². The van der Waals surface area contributed by atoms with Gasteiger partial charge in [-0.25, -0.2) is 9.97 Å². The van der Waals surface area contributed by atoms with Crippen molar-refractivity contribution >= 4 is 47.1 Å². The first-order valence-electron chi connectivity index (χ1n) is 19.5. The zero-order chi connectivity index (χ0) is 39.4. The molecule has 8 aromatic rings. The Balaban J connectivity index is 1.06. The summed E-state index contributed by atoms with van der Waals surface area (Å²) >= 11 is 0. The lowest BCUT2D eigenvalue weighted by atomic mass is 9.97. The Hall–Kier alpha value is -7.62. The van der Waals surface area contributed by atoms with Crippen molar-refractivity contribution in [2.45, 2.75) is 6.92 Å². The number of nitrogens with zero attached hydrogens (tertiary/aromatic N) is 2. The second-order valence-corrected chi connectivity index (χ2v) is 14.6. The average molecular weight is 744 g/mol. The average Bonchev–Trinajstić information content (AvgIpc) is 3.28. The molecule has 3 heterocycles. The molecule has 1 aliphatic heterocycles. The number of fused-ring (bicyclic) bond motifs is 1. The number of nitrogens with one attached hydrogen (secondary N) is 1. The summed E-state index contributed by atoms with van der Waals surface area (Å²) in [5, 5.41) is 8.98. The third-order valence-corrected chi connectivity index (χ3v) is 10.7. The number of dihydropyridines is 1. The number of hydrogen-bond donors (Lipinski definition) is 1. The maximum Gasteiger partial charge on any atom is 0.0715 e. The molecule has 0 bridgehead atoms. The van der Waals surface area contributed by atoms with Crippen LogP contribution in [0.25, 0.3) is 92.0 Å². The van der Waals surface area contributed by atoms with Crippen molar-refractivity contribution in [2.75, 3.05) is 0 Å². The summed E-state index contributed by atoms with van der Waals surface area (Å²) in [7, 11) is 0. The summed E-state index contributed by atoms with van der Waals surface area (Å²) < 4.78 is 0. The highest BCUT2D eigenvalue weighted by atomic mass is 14.9. The predicted molar refractivity (Wildman–Crippen MR) is 245 cm³/mol. The van der Waals surface area contributed by atoms with Gasteiger partial charge in [-0.1, -0.05) is 177 Å². The second kappa shape index (κ2) is 15.9. The number of para-hydroxylation sites is 1. The summed E-state index contributed by atoms with van der Waals surface area (Å²) in [6, 6.07) is 59.2. The highest BCUT2D eigenvalue weighted by molar-refractivity contribution is 5.83. The smallest absolute Gasteiger partial charge is 0.0715 e. The van der Waals surface area contributed by atoms with Gasteiger partial charge in [0.25, 0.3) is 0 Å². The lowest BCUT2D eigenvalue weighted by Crippen LogP contribution is -2.30. The van der Waals surface area contributed by atoms with Crippen LogP contribution in [0.1, 0.15) is 18.1 Å². The summed E-state index contributed by atoms with van der Waals surface area (Å²) in [6.07, 6.45) is 10.6. The van der Waals surface area contributed by atoms with Crippen LogP contribution in [0.4, 0.5) is 0 Å². The molecule has 1 aliphatic rings. The van der Waals surface area contributed by atoms with E-state index < -0.39 is 0 Å². The molecule has 0 spiro atoms. The maximum atomic E-state index is 5.26. The standard InChI is InChI=1S/C55H41N3/c1-37-11-4-6-13-40(37)20-19-38(2)41-21-25-46(26-22-41)54-35-48(42-23-27-44(28-24-42)51-17-10-18-53(57-51)49-15-8-5-12-39(49)3)36-55(58-54)47-31-29-45(30-32-47)52-34-33-43-14-7-9-16-50(43)56-52/h4-36,57H,1,3H2,2H3/b38-19+,40-20-,53-49-. The number of aromatic nitrogens is 2. The Kier molecular flexibility index (Phi) is 9.85. The molecule has 9 rings (SSSR count). The van der Waals surface area contributed by atoms with Crippen molar-refractivity contribution in [3.63, 3.8) is 0 Å². The van der Waals surface area contributed by atoms with E-state index in [1.165, 1.54) is 5.57 Å². The molecule has 0 unspecified atom stereocenters. The minimum Gasteiger partial charge on any atom is -0.355 e. The quantitative estimate of drug-likeness (QED) is 0.177. The first-order chi connectivity index (χ1) is 28.4. The van der Waals surface area contributed by atoms with Crippen molar-refractivity contribution in [1.82, 2.24) is 15.3 Å². The maximum absolute atomic E-state index is 5.26. The molecular formula is C55H41N3. The summed E-state index contributed by atoms with van der Waals surface area (Å²) in [5.74, 6) is 0. The SMILES string of the molecule is C=c1cccc/c1=C/C=C(\C)c1ccc(-c2cc(-c3ccc(C4=CC=C/C(=c5\ccccc5=C)N4)cc3)cc(-c3ccc(-c4ccc5ccccc5n4)cc3)n2)cc1. The van der Waals surface area contributed by atoms with Crippen molar-refractivity contribution in [2.24, 2.45) is 0 Å². The Bertz CT molecular complexity index is 3150. The molecule has 0 aliphatic carbocycles. The number of benzene rings is 6. The molecule has 3 nitrogen and oxygen atoms in total. The molecule has 276 valence electrons. The Morgan fingerprint density at radius 1 is 0.534 bits per heavy atom. The van der Waals surface area contributed by atoms with E-state index in [1.54, 1.807) is 0 Å². The first-order valence-corrected chi connectivity index (χ1v) is 19.5. The van der Waals surface area contributed by atoms with Crippen molar-refractivity contribution in [3.8, 4) is 44.9 Å². The Morgan fingerprint density at radius 2 is 1.14 bits per heavy atom. The van der Waals surface area contributed by atoms with Gasteiger partial charge in [0.15, 0.2) is 0 Å². The van der Waals surface area contributed by atoms with E-state index >= 15 is 0 Å². The van der Waals surface area contributed by atoms with Crippen molar-refractivity contribution in [3.05, 3.63) is 226 Å². The van der Waals surface area contributed by atoms with E-state index in [1.807, 2.05) is 48.5 Å². The van der Waals surface area contributed by atoms with Crippen LogP contribution >= 0.6 is 0 Å². The van der Waals surface area contributed by atoms with Gasteiger partial charge < -0.3 is 5.32 Å². The minimum absolute atomic E-state index is 0.907. The van der Waals surface area contributed by atoms with Crippen LogP contribution in [0.5, 0.6) is 0 Å². The van der Waals surface area contributed by atoms with E-state index in [2.05, 4.69) is 177 Å². The molecule has 6 aromatic carbocycles. The lowest BCUT2D eigenvalue weighted by molar-refractivity contribution is 1.21. The van der Waals surface area contributed by atoms with Crippen molar-refractivity contribution in [1.29, 1.82) is 0 Å². The van der Waals surface area contributed by atoms with Crippen LogP contribution < -0.4 is 26.2 Å². The fraction of sp³-hybridized carbons (Fsp3) is 0.0182. The van der Waals surface area contributed by atoms with Crippen LogP contribution in [0.2, 0.25) is 0 Å². The Morgan fingerprint density at radius 3 is 1.86 bits per heavy atom. The van der Waals surface area contributed by atoms with Crippen LogP contribution in [0.3, 0.4) is 0 Å². The second-order valence-electron chi connectivity index (χ2n) is 14.6. The zero-order valence-electron chi connectivity index (χ0n) is 32.4. The summed E-state index contributed by atoms with van der Waals surface area (Å²) in [5.41, 5.74) is 14.6. The molecule has 0 saturated carbocycles. The summed E-state index contributed by atoms with van der Waals surface area (Å²) in [6.45, 7) is 10.5. The molecule has 58 heavy (non-hydrogen) atoms. The zero-order valence-corrected chi connectivity index (χ0v) is 32.4. The molecule has 1 N–H and O–H groups in total. The molecular weight excluding hydrogens is 703 g/mol. The van der Waals surface area contributed by atoms with Gasteiger partial charge in [0, 0.05) is 38.7 Å². The van der Waals surface area contributed by atoms with Gasteiger partial charge >= 0.3 is 0 Å². The van der Waals surface area contributed by atoms with E-state index in [0.717, 1.165) is 99.2 Å². The van der Waals surface area contributed by atoms with Gasteiger partial charge in [-0.05, 0) is 86.8 Å². The van der Waals surface area contributed by atoms with Gasteiger partial charge in [0.2, 0.25) is 0 Å². The van der Waals surface area contributed by atoms with Gasteiger partial charge in [-0.15, -0.1) is 0 Å². The monoisotopic (exact) mass is 743 g/mol. The third kappa shape index (κ3) is 7.62. The van der Waals surface area contributed by atoms with Gasteiger partial charge in [-0.3, -0.25) is 0 Å². The highest BCUT2D eigenvalue weighted by Crippen LogP contribution is 2.33. The number of rotatable bonds is 7. The largest absolute Gasteiger partial charge is 0.355 e. The lowest BCUT2D eigenvalue weighted by Gasteiger charge is -2.16.